The second kappa shape index (κ2) is 5.73. The number of carbonyl (C=O) groups is 1. The van der Waals surface area contributed by atoms with Crippen molar-refractivity contribution in [1.29, 1.82) is 0 Å². The first-order valence-corrected chi connectivity index (χ1v) is 6.76. The average Bonchev–Trinajstić information content (AvgIpc) is 2.98. The van der Waals surface area contributed by atoms with Crippen LogP contribution in [0.1, 0.15) is 5.56 Å². The third-order valence-corrected chi connectivity index (χ3v) is 3.44. The summed E-state index contributed by atoms with van der Waals surface area (Å²) >= 11 is 0. The molecule has 3 aromatic rings. The zero-order valence-electron chi connectivity index (χ0n) is 12.1. The van der Waals surface area contributed by atoms with Crippen molar-refractivity contribution >= 4 is 28.3 Å². The Labute approximate surface area is 127 Å². The molecule has 2 N–H and O–H groups in total. The van der Waals surface area contributed by atoms with Crippen molar-refractivity contribution in [2.75, 3.05) is 12.8 Å². The summed E-state index contributed by atoms with van der Waals surface area (Å²) < 4.78 is 6.66. The van der Waals surface area contributed by atoms with Crippen LogP contribution in [-0.4, -0.2) is 22.6 Å². The lowest BCUT2D eigenvalue weighted by molar-refractivity contribution is -0.134. The minimum Gasteiger partial charge on any atom is -0.466 e. The van der Waals surface area contributed by atoms with Crippen molar-refractivity contribution in [3.63, 3.8) is 0 Å². The molecule has 22 heavy (non-hydrogen) atoms. The molecule has 0 unspecified atom stereocenters. The number of hydrogen-bond acceptors (Lipinski definition) is 4. The first-order valence-electron chi connectivity index (χ1n) is 6.76. The van der Waals surface area contributed by atoms with Crippen LogP contribution in [0.2, 0.25) is 0 Å². The van der Waals surface area contributed by atoms with Gasteiger partial charge < -0.3 is 15.0 Å². The fourth-order valence-electron chi connectivity index (χ4n) is 2.38. The van der Waals surface area contributed by atoms with E-state index in [0.29, 0.717) is 11.4 Å². The van der Waals surface area contributed by atoms with Gasteiger partial charge in [0.25, 0.3) is 0 Å². The molecule has 5 nitrogen and oxygen atoms in total. The molecule has 0 bridgehead atoms. The number of anilines is 1. The summed E-state index contributed by atoms with van der Waals surface area (Å²) in [6.45, 7) is 0. The molecule has 0 radical (unpaired) electrons. The number of esters is 1. The molecular weight excluding hydrogens is 278 g/mol. The lowest BCUT2D eigenvalue weighted by Gasteiger charge is -2.11. The highest BCUT2D eigenvalue weighted by molar-refractivity contribution is 5.97. The zero-order valence-corrected chi connectivity index (χ0v) is 12.1. The van der Waals surface area contributed by atoms with Gasteiger partial charge in [0.2, 0.25) is 0 Å². The minimum atomic E-state index is -0.426. The van der Waals surface area contributed by atoms with Crippen molar-refractivity contribution in [3.8, 4) is 0 Å². The molecule has 0 atom stereocenters. The molecule has 2 aromatic heterocycles. The summed E-state index contributed by atoms with van der Waals surface area (Å²) in [6, 6.07) is 11.3. The van der Waals surface area contributed by atoms with Crippen LogP contribution in [-0.2, 0) is 9.53 Å². The Hall–Kier alpha value is -3.08. The maximum absolute atomic E-state index is 11.7. The average molecular weight is 293 g/mol. The fraction of sp³-hybridized carbons (Fsp3) is 0.0588. The number of rotatable bonds is 3. The van der Waals surface area contributed by atoms with Crippen LogP contribution in [0.3, 0.4) is 0 Å². The maximum atomic E-state index is 11.7. The lowest BCUT2D eigenvalue weighted by atomic mass is 10.2. The summed E-state index contributed by atoms with van der Waals surface area (Å²) in [7, 11) is 1.35. The minimum absolute atomic E-state index is 0.426. The molecule has 1 aromatic carbocycles. The van der Waals surface area contributed by atoms with E-state index in [9.17, 15) is 4.79 Å². The number of nitrogens with zero attached hydrogens (tertiary/aromatic N) is 2. The number of pyridine rings is 1. The van der Waals surface area contributed by atoms with Gasteiger partial charge in [-0.2, -0.15) is 0 Å². The van der Waals surface area contributed by atoms with E-state index in [1.807, 2.05) is 47.2 Å². The van der Waals surface area contributed by atoms with E-state index < -0.39 is 5.97 Å². The molecule has 0 saturated heterocycles. The summed E-state index contributed by atoms with van der Waals surface area (Å²) in [5.41, 5.74) is 9.10. The van der Waals surface area contributed by atoms with Crippen LogP contribution >= 0.6 is 0 Å². The van der Waals surface area contributed by atoms with Gasteiger partial charge in [0, 0.05) is 41.3 Å². The molecular formula is C17H15N3O2. The Morgan fingerprint density at radius 3 is 2.86 bits per heavy atom. The third kappa shape index (κ3) is 2.44. The topological polar surface area (TPSA) is 70.1 Å². The lowest BCUT2D eigenvalue weighted by Crippen LogP contribution is -2.03. The van der Waals surface area contributed by atoms with Gasteiger partial charge in [-0.05, 0) is 30.3 Å². The van der Waals surface area contributed by atoms with E-state index >= 15 is 0 Å². The largest absolute Gasteiger partial charge is 0.466 e. The van der Waals surface area contributed by atoms with Crippen molar-refractivity contribution in [2.45, 2.75) is 0 Å². The molecule has 0 amide bonds. The molecule has 5 heteroatoms. The number of hydrogen-bond donors (Lipinski definition) is 1. The Morgan fingerprint density at radius 1 is 1.27 bits per heavy atom. The summed E-state index contributed by atoms with van der Waals surface area (Å²) in [4.78, 5) is 15.9. The number of aromatic nitrogens is 2. The standard InChI is InChI=1S/C17H15N3O2/c1-22-17(21)10-16(12-4-3-8-19-11-12)20-9-7-13-14(18)5-2-6-15(13)20/h2-11H,18H2,1H3. The van der Waals surface area contributed by atoms with E-state index in [2.05, 4.69) is 4.98 Å². The predicted octanol–water partition coefficient (Wildman–Crippen LogP) is 2.68. The Bertz CT molecular complexity index is 851. The number of nitrogens with two attached hydrogens (primary N) is 1. The number of benzene rings is 1. The molecule has 2 heterocycles. The second-order valence-corrected chi connectivity index (χ2v) is 4.76. The normalized spacial score (nSPS) is 11.6. The van der Waals surface area contributed by atoms with Gasteiger partial charge >= 0.3 is 5.97 Å². The van der Waals surface area contributed by atoms with Crippen molar-refractivity contribution < 1.29 is 9.53 Å². The van der Waals surface area contributed by atoms with E-state index in [1.54, 1.807) is 12.4 Å². The van der Waals surface area contributed by atoms with Gasteiger partial charge in [-0.15, -0.1) is 0 Å². The van der Waals surface area contributed by atoms with Crippen LogP contribution < -0.4 is 5.73 Å². The zero-order chi connectivity index (χ0) is 15.5. The summed E-state index contributed by atoms with van der Waals surface area (Å²) in [6.07, 6.45) is 6.71. The van der Waals surface area contributed by atoms with Crippen LogP contribution in [0.25, 0.3) is 16.6 Å². The first-order chi connectivity index (χ1) is 10.7. The quantitative estimate of drug-likeness (QED) is 0.458. The number of nitrogen functional groups attached to an aromatic ring is 1. The summed E-state index contributed by atoms with van der Waals surface area (Å²) in [5.74, 6) is -0.426. The highest BCUT2D eigenvalue weighted by atomic mass is 16.5. The summed E-state index contributed by atoms with van der Waals surface area (Å²) in [5, 5.41) is 0.933. The number of fused-ring (bicyclic) bond motifs is 1. The van der Waals surface area contributed by atoms with Crippen molar-refractivity contribution in [3.05, 3.63) is 66.6 Å². The van der Waals surface area contributed by atoms with Gasteiger partial charge in [0.15, 0.2) is 0 Å². The Kier molecular flexibility index (Phi) is 3.62. The van der Waals surface area contributed by atoms with Crippen LogP contribution in [0.4, 0.5) is 5.69 Å². The third-order valence-electron chi connectivity index (χ3n) is 3.44. The smallest absolute Gasteiger partial charge is 0.332 e. The molecule has 0 aliphatic heterocycles. The Morgan fingerprint density at radius 2 is 2.14 bits per heavy atom. The highest BCUT2D eigenvalue weighted by Crippen LogP contribution is 2.27. The number of ether oxygens (including phenoxy) is 1. The fourth-order valence-corrected chi connectivity index (χ4v) is 2.38. The van der Waals surface area contributed by atoms with Gasteiger partial charge in [-0.1, -0.05) is 6.07 Å². The van der Waals surface area contributed by atoms with E-state index in [4.69, 9.17) is 10.5 Å². The van der Waals surface area contributed by atoms with Gasteiger partial charge in [-0.3, -0.25) is 4.98 Å². The maximum Gasteiger partial charge on any atom is 0.332 e. The van der Waals surface area contributed by atoms with Crippen LogP contribution in [0, 0.1) is 0 Å². The number of methoxy groups -OCH3 is 1. The highest BCUT2D eigenvalue weighted by Gasteiger charge is 2.11. The molecule has 0 spiro atoms. The number of carbonyl (C=O) groups excluding carboxylic acids is 1. The van der Waals surface area contributed by atoms with Crippen molar-refractivity contribution in [2.24, 2.45) is 0 Å². The van der Waals surface area contributed by atoms with Crippen LogP contribution in [0.15, 0.2) is 61.1 Å². The molecule has 0 aliphatic rings. The Balaban J connectivity index is 2.23. The SMILES string of the molecule is COC(=O)C=C(c1cccnc1)n1ccc2c(N)cccc21. The predicted molar refractivity (Wildman–Crippen MR) is 86.0 cm³/mol. The second-order valence-electron chi connectivity index (χ2n) is 4.76. The van der Waals surface area contributed by atoms with E-state index in [-0.39, 0.29) is 0 Å². The van der Waals surface area contributed by atoms with E-state index in [0.717, 1.165) is 16.5 Å². The van der Waals surface area contributed by atoms with Crippen LogP contribution in [0.5, 0.6) is 0 Å². The molecule has 110 valence electrons. The molecule has 0 saturated carbocycles. The van der Waals surface area contributed by atoms with Gasteiger partial charge in [0.1, 0.15) is 0 Å². The monoisotopic (exact) mass is 293 g/mol. The van der Waals surface area contributed by atoms with Gasteiger partial charge in [0.05, 0.1) is 18.3 Å². The first kappa shape index (κ1) is 13.9. The van der Waals surface area contributed by atoms with E-state index in [1.165, 1.54) is 13.2 Å². The van der Waals surface area contributed by atoms with Crippen molar-refractivity contribution in [1.82, 2.24) is 9.55 Å². The molecule has 3 rings (SSSR count). The molecule has 0 fully saturated rings. The molecule has 0 aliphatic carbocycles. The van der Waals surface area contributed by atoms with Gasteiger partial charge in [-0.25, -0.2) is 4.79 Å².